The summed E-state index contributed by atoms with van der Waals surface area (Å²) in [6.07, 6.45) is 0. The molecule has 0 unspecified atom stereocenters. The minimum absolute atomic E-state index is 0.163. The van der Waals surface area contributed by atoms with Crippen LogP contribution in [-0.2, 0) is 18.7 Å². The molecule has 8 heavy (non-hydrogen) atoms. The van der Waals surface area contributed by atoms with Crippen LogP contribution in [-0.4, -0.2) is 13.2 Å². The number of rotatable bonds is 5. The molecule has 0 saturated heterocycles. The molecule has 0 heterocycles. The van der Waals surface area contributed by atoms with Gasteiger partial charge in [-0.2, -0.15) is 0 Å². The van der Waals surface area contributed by atoms with E-state index >= 15 is 0 Å². The van der Waals surface area contributed by atoms with Gasteiger partial charge in [0.2, 0.25) is 0 Å². The van der Waals surface area contributed by atoms with Crippen molar-refractivity contribution in [3.8, 4) is 0 Å². The minimum Gasteiger partial charge on any atom is -0.277 e. The van der Waals surface area contributed by atoms with Gasteiger partial charge in [0.15, 0.2) is 0 Å². The molecule has 0 aromatic heterocycles. The Kier molecular flexibility index (Phi) is 7.81. The molecule has 50 valence electrons. The van der Waals surface area contributed by atoms with Crippen LogP contribution in [0.2, 0.25) is 0 Å². The molecule has 0 aromatic rings. The lowest BCUT2D eigenvalue weighted by atomic mass is 10.8. The summed E-state index contributed by atoms with van der Waals surface area (Å²) in [5, 5.41) is 3.76. The summed E-state index contributed by atoms with van der Waals surface area (Å²) >= 11 is 9.33. The van der Waals surface area contributed by atoms with Crippen LogP contribution in [0.1, 0.15) is 0 Å². The predicted molar refractivity (Wildman–Crippen MR) is 25.8 cm³/mol. The molecule has 0 N–H and O–H groups in total. The third-order valence-electron chi connectivity index (χ3n) is 0.318. The van der Waals surface area contributed by atoms with E-state index in [1.807, 2.05) is 0 Å². The number of halogens is 2. The van der Waals surface area contributed by atoms with Crippen LogP contribution in [0.5, 0.6) is 0 Å². The minimum atomic E-state index is 0.163. The van der Waals surface area contributed by atoms with Crippen LogP contribution in [0.15, 0.2) is 0 Å². The van der Waals surface area contributed by atoms with E-state index in [1.54, 1.807) is 0 Å². The average Bonchev–Trinajstić information content (AvgIpc) is 1.81. The third-order valence-corrected chi connectivity index (χ3v) is 0.523. The molecule has 0 bridgehead atoms. The van der Waals surface area contributed by atoms with Gasteiger partial charge in [-0.1, -0.05) is 4.44 Å². The summed E-state index contributed by atoms with van der Waals surface area (Å²) in [6.45, 7) is 0.373. The molecule has 0 radical (unpaired) electrons. The van der Waals surface area contributed by atoms with E-state index in [9.17, 15) is 0 Å². The lowest BCUT2D eigenvalue weighted by Gasteiger charge is -1.93. The van der Waals surface area contributed by atoms with E-state index < -0.39 is 0 Å². The molecular formula is C2H4Cl2O4. The van der Waals surface area contributed by atoms with Crippen LogP contribution in [0, 0.1) is 0 Å². The van der Waals surface area contributed by atoms with Crippen molar-refractivity contribution in [1.82, 2.24) is 0 Å². The van der Waals surface area contributed by atoms with Crippen LogP contribution in [0.3, 0.4) is 0 Å². The first kappa shape index (κ1) is 8.42. The molecule has 0 amide bonds. The van der Waals surface area contributed by atoms with Crippen molar-refractivity contribution >= 4 is 23.7 Å². The molecule has 0 saturated carbocycles. The fourth-order valence-electron chi connectivity index (χ4n) is 0.118. The summed E-state index contributed by atoms with van der Waals surface area (Å²) in [6, 6.07) is 0. The highest BCUT2D eigenvalue weighted by molar-refractivity contribution is 6.07. The van der Waals surface area contributed by atoms with E-state index in [4.69, 9.17) is 11.9 Å². The van der Waals surface area contributed by atoms with Gasteiger partial charge in [0.05, 0.1) is 18.5 Å². The van der Waals surface area contributed by atoms with Crippen molar-refractivity contribution in [2.75, 3.05) is 13.2 Å². The van der Waals surface area contributed by atoms with Gasteiger partial charge in [-0.05, 0) is 5.04 Å². The van der Waals surface area contributed by atoms with Gasteiger partial charge in [0.25, 0.3) is 0 Å². The second-order valence-corrected chi connectivity index (χ2v) is 1.11. The fraction of sp³-hybridized carbons (Fsp3) is 1.00. The Bertz CT molecular complexity index is 37.0. The Morgan fingerprint density at radius 1 is 1.12 bits per heavy atom. The van der Waals surface area contributed by atoms with Crippen molar-refractivity contribution in [3.05, 3.63) is 0 Å². The zero-order valence-electron chi connectivity index (χ0n) is 3.80. The normalized spacial score (nSPS) is 9.75. The summed E-state index contributed by atoms with van der Waals surface area (Å²) in [4.78, 5) is 4.16. The van der Waals surface area contributed by atoms with Crippen molar-refractivity contribution in [3.63, 3.8) is 0 Å². The number of hydrogen-bond donors (Lipinski definition) is 0. The van der Waals surface area contributed by atoms with E-state index in [1.165, 1.54) is 0 Å². The van der Waals surface area contributed by atoms with Crippen LogP contribution in [0.4, 0.5) is 0 Å². The van der Waals surface area contributed by atoms with E-state index in [2.05, 4.69) is 30.5 Å². The zero-order valence-corrected chi connectivity index (χ0v) is 5.31. The fourth-order valence-corrected chi connectivity index (χ4v) is 0.217. The van der Waals surface area contributed by atoms with Gasteiger partial charge < -0.3 is 0 Å². The Hall–Kier alpha value is 0.420. The standard InChI is InChI=1S/C2H4Cl2O4/c3-5-1-2-6-8-7-4/h1-2H2. The molecule has 6 heteroatoms. The second-order valence-electron chi connectivity index (χ2n) is 0.766. The molecule has 0 aromatic carbocycles. The van der Waals surface area contributed by atoms with Crippen LogP contribution >= 0.6 is 23.7 Å². The first-order valence-corrected chi connectivity index (χ1v) is 2.34. The van der Waals surface area contributed by atoms with Crippen molar-refractivity contribution < 1.29 is 18.7 Å². The lowest BCUT2D eigenvalue weighted by molar-refractivity contribution is -0.467. The van der Waals surface area contributed by atoms with Crippen molar-refractivity contribution in [2.24, 2.45) is 0 Å². The molecular weight excluding hydrogens is 159 g/mol. The van der Waals surface area contributed by atoms with Crippen LogP contribution < -0.4 is 0 Å². The average molecular weight is 163 g/mol. The van der Waals surface area contributed by atoms with Gasteiger partial charge in [-0.3, -0.25) is 4.29 Å². The molecule has 4 nitrogen and oxygen atoms in total. The van der Waals surface area contributed by atoms with Crippen molar-refractivity contribution in [1.29, 1.82) is 0 Å². The third kappa shape index (κ3) is 6.42. The van der Waals surface area contributed by atoms with Gasteiger partial charge >= 0.3 is 0 Å². The molecule has 0 aliphatic heterocycles. The van der Waals surface area contributed by atoms with Crippen LogP contribution in [0.25, 0.3) is 0 Å². The molecule has 0 atom stereocenters. The topological polar surface area (TPSA) is 36.9 Å². The first-order valence-electron chi connectivity index (χ1n) is 1.72. The maximum atomic E-state index is 4.77. The Morgan fingerprint density at radius 2 is 1.88 bits per heavy atom. The predicted octanol–water partition coefficient (Wildman–Crippen LogP) is 1.19. The van der Waals surface area contributed by atoms with Gasteiger partial charge in [0, 0.05) is 0 Å². The highest BCUT2D eigenvalue weighted by Crippen LogP contribution is 1.85. The molecule has 0 fully saturated rings. The van der Waals surface area contributed by atoms with E-state index in [0.717, 1.165) is 0 Å². The molecule has 0 aliphatic carbocycles. The van der Waals surface area contributed by atoms with E-state index in [0.29, 0.717) is 0 Å². The SMILES string of the molecule is ClOCCOOOCl. The Balaban J connectivity index is 2.53. The maximum absolute atomic E-state index is 4.77. The Labute approximate surface area is 56.4 Å². The van der Waals surface area contributed by atoms with Gasteiger partial charge in [-0.15, -0.1) is 0 Å². The summed E-state index contributed by atoms with van der Waals surface area (Å²) < 4.78 is 7.60. The zero-order chi connectivity index (χ0) is 6.24. The summed E-state index contributed by atoms with van der Waals surface area (Å²) in [5.41, 5.74) is 0. The van der Waals surface area contributed by atoms with Gasteiger partial charge in [0.1, 0.15) is 18.5 Å². The smallest absolute Gasteiger partial charge is 0.111 e. The van der Waals surface area contributed by atoms with E-state index in [-0.39, 0.29) is 13.2 Å². The summed E-state index contributed by atoms with van der Waals surface area (Å²) in [7, 11) is 0. The first-order chi connectivity index (χ1) is 3.91. The molecule has 0 aliphatic rings. The monoisotopic (exact) mass is 162 g/mol. The molecule has 0 spiro atoms. The number of hydrogen-bond acceptors (Lipinski definition) is 4. The molecule has 0 rings (SSSR count). The highest BCUT2D eigenvalue weighted by atomic mass is 35.5. The van der Waals surface area contributed by atoms with Crippen molar-refractivity contribution in [2.45, 2.75) is 0 Å². The largest absolute Gasteiger partial charge is 0.277 e. The quantitative estimate of drug-likeness (QED) is 0.346. The Morgan fingerprint density at radius 3 is 2.38 bits per heavy atom. The maximum Gasteiger partial charge on any atom is 0.111 e. The lowest BCUT2D eigenvalue weighted by Crippen LogP contribution is -1.98. The summed E-state index contributed by atoms with van der Waals surface area (Å²) in [5.74, 6) is 0. The highest BCUT2D eigenvalue weighted by Gasteiger charge is 1.85. The second kappa shape index (κ2) is 7.42. The van der Waals surface area contributed by atoms with Gasteiger partial charge in [-0.25, -0.2) is 4.89 Å².